The fourth-order valence-corrected chi connectivity index (χ4v) is 2.81. The zero-order chi connectivity index (χ0) is 14.8. The van der Waals surface area contributed by atoms with E-state index in [1.165, 1.54) is 0 Å². The number of fused-ring (bicyclic) bond motifs is 1. The van der Waals surface area contributed by atoms with E-state index in [0.29, 0.717) is 34.8 Å². The van der Waals surface area contributed by atoms with Crippen LogP contribution in [-0.2, 0) is 0 Å². The molecule has 6 heteroatoms. The van der Waals surface area contributed by atoms with Crippen LogP contribution in [0.3, 0.4) is 0 Å². The highest BCUT2D eigenvalue weighted by atomic mass is 35.5. The van der Waals surface area contributed by atoms with Gasteiger partial charge < -0.3 is 9.47 Å². The molecule has 110 valence electrons. The summed E-state index contributed by atoms with van der Waals surface area (Å²) < 4.78 is 11.3. The van der Waals surface area contributed by atoms with Crippen LogP contribution in [0.15, 0.2) is 36.4 Å². The van der Waals surface area contributed by atoms with Crippen molar-refractivity contribution < 1.29 is 9.47 Å². The van der Waals surface area contributed by atoms with E-state index in [1.807, 2.05) is 18.2 Å². The Hall–Kier alpha value is -1.46. The molecule has 3 N–H and O–H groups in total. The molecular formula is C15H14Cl2N2O2. The molecule has 0 fully saturated rings. The number of para-hydroxylation sites is 1. The Morgan fingerprint density at radius 3 is 2.67 bits per heavy atom. The molecule has 0 amide bonds. The largest absolute Gasteiger partial charge is 0.486 e. The van der Waals surface area contributed by atoms with Crippen molar-refractivity contribution in [1.82, 2.24) is 5.43 Å². The summed E-state index contributed by atoms with van der Waals surface area (Å²) in [6.45, 7) is 1.04. The zero-order valence-electron chi connectivity index (χ0n) is 11.1. The third-order valence-corrected chi connectivity index (χ3v) is 3.92. The number of rotatable bonds is 3. The highest BCUT2D eigenvalue weighted by molar-refractivity contribution is 6.33. The van der Waals surface area contributed by atoms with Crippen LogP contribution in [0.25, 0.3) is 0 Å². The molecule has 1 heterocycles. The lowest BCUT2D eigenvalue weighted by atomic mass is 9.97. The van der Waals surface area contributed by atoms with Crippen LogP contribution in [0, 0.1) is 0 Å². The van der Waals surface area contributed by atoms with Crippen molar-refractivity contribution in [2.24, 2.45) is 5.84 Å². The summed E-state index contributed by atoms with van der Waals surface area (Å²) in [5.74, 6) is 7.13. The van der Waals surface area contributed by atoms with Gasteiger partial charge >= 0.3 is 0 Å². The van der Waals surface area contributed by atoms with Crippen LogP contribution in [0.1, 0.15) is 17.2 Å². The van der Waals surface area contributed by atoms with Gasteiger partial charge in [-0.15, -0.1) is 0 Å². The maximum Gasteiger partial charge on any atom is 0.166 e. The van der Waals surface area contributed by atoms with Crippen LogP contribution < -0.4 is 20.7 Å². The Labute approximate surface area is 132 Å². The van der Waals surface area contributed by atoms with E-state index in [-0.39, 0.29) is 6.04 Å². The first kappa shape index (κ1) is 14.5. The third-order valence-electron chi connectivity index (χ3n) is 3.34. The van der Waals surface area contributed by atoms with Crippen LogP contribution in [-0.4, -0.2) is 13.2 Å². The normalized spacial score (nSPS) is 14.8. The number of hydrogen-bond donors (Lipinski definition) is 2. The first-order valence-corrected chi connectivity index (χ1v) is 7.26. The van der Waals surface area contributed by atoms with Gasteiger partial charge in [-0.05, 0) is 29.8 Å². The molecule has 0 aromatic heterocycles. The van der Waals surface area contributed by atoms with E-state index in [1.54, 1.807) is 18.2 Å². The molecular weight excluding hydrogens is 311 g/mol. The summed E-state index contributed by atoms with van der Waals surface area (Å²) in [6, 6.07) is 10.6. The maximum atomic E-state index is 6.28. The summed E-state index contributed by atoms with van der Waals surface area (Å²) in [4.78, 5) is 0. The first-order chi connectivity index (χ1) is 10.2. The van der Waals surface area contributed by atoms with E-state index < -0.39 is 0 Å². The van der Waals surface area contributed by atoms with Crippen LogP contribution in [0.2, 0.25) is 10.0 Å². The summed E-state index contributed by atoms with van der Waals surface area (Å²) in [5.41, 5.74) is 4.42. The van der Waals surface area contributed by atoms with Crippen molar-refractivity contribution in [3.63, 3.8) is 0 Å². The Kier molecular flexibility index (Phi) is 4.22. The van der Waals surface area contributed by atoms with Gasteiger partial charge in [-0.25, -0.2) is 5.43 Å². The molecule has 0 radical (unpaired) electrons. The SMILES string of the molecule is NNC(c1cc(Cl)ccc1Cl)c1cccc2c1OCCO2. The second-order valence-corrected chi connectivity index (χ2v) is 5.48. The summed E-state index contributed by atoms with van der Waals surface area (Å²) in [5, 5.41) is 1.17. The molecule has 0 aliphatic carbocycles. The topological polar surface area (TPSA) is 56.5 Å². The number of halogens is 2. The number of benzene rings is 2. The molecule has 4 nitrogen and oxygen atoms in total. The van der Waals surface area contributed by atoms with Gasteiger partial charge in [0.1, 0.15) is 13.2 Å². The second kappa shape index (κ2) is 6.12. The average molecular weight is 325 g/mol. The molecule has 1 aliphatic rings. The lowest BCUT2D eigenvalue weighted by Crippen LogP contribution is -2.30. The molecule has 1 aliphatic heterocycles. The smallest absolute Gasteiger partial charge is 0.166 e. The minimum atomic E-state index is -0.340. The van der Waals surface area contributed by atoms with Crippen molar-refractivity contribution in [2.75, 3.05) is 13.2 Å². The van der Waals surface area contributed by atoms with E-state index in [9.17, 15) is 0 Å². The van der Waals surface area contributed by atoms with Crippen molar-refractivity contribution in [3.8, 4) is 11.5 Å². The zero-order valence-corrected chi connectivity index (χ0v) is 12.6. The van der Waals surface area contributed by atoms with Crippen LogP contribution >= 0.6 is 23.2 Å². The Morgan fingerprint density at radius 2 is 1.86 bits per heavy atom. The molecule has 1 atom stereocenters. The van der Waals surface area contributed by atoms with Gasteiger partial charge in [0.2, 0.25) is 0 Å². The molecule has 0 bridgehead atoms. The summed E-state index contributed by atoms with van der Waals surface area (Å²) >= 11 is 12.3. The van der Waals surface area contributed by atoms with Crippen molar-refractivity contribution >= 4 is 23.2 Å². The molecule has 21 heavy (non-hydrogen) atoms. The van der Waals surface area contributed by atoms with Crippen molar-refractivity contribution in [2.45, 2.75) is 6.04 Å². The van der Waals surface area contributed by atoms with Gasteiger partial charge in [0, 0.05) is 15.6 Å². The van der Waals surface area contributed by atoms with Gasteiger partial charge in [0.05, 0.1) is 6.04 Å². The standard InChI is InChI=1S/C15H14Cl2N2O2/c16-9-4-5-12(17)11(8-9)14(19-18)10-2-1-3-13-15(10)21-7-6-20-13/h1-5,8,14,19H,6-7,18H2. The predicted molar refractivity (Wildman–Crippen MR) is 83.1 cm³/mol. The quantitative estimate of drug-likeness (QED) is 0.671. The lowest BCUT2D eigenvalue weighted by molar-refractivity contribution is 0.169. The lowest BCUT2D eigenvalue weighted by Gasteiger charge is -2.25. The first-order valence-electron chi connectivity index (χ1n) is 6.50. The van der Waals surface area contributed by atoms with Gasteiger partial charge in [0.25, 0.3) is 0 Å². The minimum Gasteiger partial charge on any atom is -0.486 e. The molecule has 0 saturated heterocycles. The van der Waals surface area contributed by atoms with E-state index in [4.69, 9.17) is 38.5 Å². The third kappa shape index (κ3) is 2.80. The fourth-order valence-electron chi connectivity index (χ4n) is 2.41. The minimum absolute atomic E-state index is 0.340. The number of nitrogens with one attached hydrogen (secondary N) is 1. The molecule has 1 unspecified atom stereocenters. The number of nitrogens with two attached hydrogens (primary N) is 1. The molecule has 0 saturated carbocycles. The highest BCUT2D eigenvalue weighted by Gasteiger charge is 2.24. The number of ether oxygens (including phenoxy) is 2. The predicted octanol–water partition coefficient (Wildman–Crippen LogP) is 3.32. The molecule has 3 rings (SSSR count). The van der Waals surface area contributed by atoms with Gasteiger partial charge in [0.15, 0.2) is 11.5 Å². The van der Waals surface area contributed by atoms with Crippen LogP contribution in [0.4, 0.5) is 0 Å². The van der Waals surface area contributed by atoms with Gasteiger partial charge in [-0.2, -0.15) is 0 Å². The Morgan fingerprint density at radius 1 is 1.05 bits per heavy atom. The van der Waals surface area contributed by atoms with Crippen LogP contribution in [0.5, 0.6) is 11.5 Å². The average Bonchev–Trinajstić information content (AvgIpc) is 2.51. The maximum absolute atomic E-state index is 6.28. The number of hydrogen-bond acceptors (Lipinski definition) is 4. The highest BCUT2D eigenvalue weighted by Crippen LogP contribution is 2.40. The summed E-state index contributed by atoms with van der Waals surface area (Å²) in [6.07, 6.45) is 0. The second-order valence-electron chi connectivity index (χ2n) is 4.64. The monoisotopic (exact) mass is 324 g/mol. The molecule has 2 aromatic rings. The van der Waals surface area contributed by atoms with Gasteiger partial charge in [-0.3, -0.25) is 5.84 Å². The van der Waals surface area contributed by atoms with E-state index in [0.717, 1.165) is 11.1 Å². The molecule has 2 aromatic carbocycles. The van der Waals surface area contributed by atoms with Crippen molar-refractivity contribution in [1.29, 1.82) is 0 Å². The van der Waals surface area contributed by atoms with E-state index in [2.05, 4.69) is 5.43 Å². The summed E-state index contributed by atoms with van der Waals surface area (Å²) in [7, 11) is 0. The fraction of sp³-hybridized carbons (Fsp3) is 0.200. The van der Waals surface area contributed by atoms with Crippen molar-refractivity contribution in [3.05, 3.63) is 57.6 Å². The van der Waals surface area contributed by atoms with Gasteiger partial charge in [-0.1, -0.05) is 35.3 Å². The Bertz CT molecular complexity index is 664. The number of hydrazine groups is 1. The Balaban J connectivity index is 2.10. The molecule has 0 spiro atoms. The van der Waals surface area contributed by atoms with E-state index >= 15 is 0 Å².